The third kappa shape index (κ3) is 3.25. The monoisotopic (exact) mass is 249 g/mol. The number of methoxy groups -OCH3 is 1. The number of rotatable bonds is 5. The summed E-state index contributed by atoms with van der Waals surface area (Å²) in [5, 5.41) is 0. The van der Waals surface area contributed by atoms with Gasteiger partial charge in [0, 0.05) is 19.2 Å². The lowest BCUT2D eigenvalue weighted by Crippen LogP contribution is -2.28. The summed E-state index contributed by atoms with van der Waals surface area (Å²) < 4.78 is 5.26. The minimum Gasteiger partial charge on any atom is -0.496 e. The predicted octanol–water partition coefficient (Wildman–Crippen LogP) is 3.18. The largest absolute Gasteiger partial charge is 0.496 e. The summed E-state index contributed by atoms with van der Waals surface area (Å²) in [6.07, 6.45) is 2.13. The smallest absolute Gasteiger partial charge is 0.253 e. The molecule has 1 aromatic carbocycles. The molecule has 0 bridgehead atoms. The first-order valence-corrected chi connectivity index (χ1v) is 6.42. The lowest BCUT2D eigenvalue weighted by molar-refractivity contribution is 0.0792. The molecule has 1 amide bonds. The average Bonchev–Trinajstić information content (AvgIpc) is 2.37. The van der Waals surface area contributed by atoms with E-state index in [1.54, 1.807) is 12.0 Å². The summed E-state index contributed by atoms with van der Waals surface area (Å²) >= 11 is 0. The Bertz CT molecular complexity index is 427. The topological polar surface area (TPSA) is 29.5 Å². The van der Waals surface area contributed by atoms with Crippen molar-refractivity contribution < 1.29 is 9.53 Å². The average molecular weight is 249 g/mol. The van der Waals surface area contributed by atoms with Crippen molar-refractivity contribution in [3.8, 4) is 5.75 Å². The Balaban J connectivity index is 2.95. The molecule has 0 unspecified atom stereocenters. The zero-order valence-electron chi connectivity index (χ0n) is 12.0. The number of carbonyl (C=O) groups excluding carboxylic acids is 1. The Labute approximate surface area is 110 Å². The summed E-state index contributed by atoms with van der Waals surface area (Å²) in [6, 6.07) is 3.84. The van der Waals surface area contributed by atoms with Gasteiger partial charge < -0.3 is 9.64 Å². The molecular formula is C15H23NO2. The predicted molar refractivity (Wildman–Crippen MR) is 74.3 cm³/mol. The Morgan fingerprint density at radius 1 is 1.28 bits per heavy atom. The Hall–Kier alpha value is -1.51. The van der Waals surface area contributed by atoms with Gasteiger partial charge >= 0.3 is 0 Å². The van der Waals surface area contributed by atoms with Gasteiger partial charge in [0.15, 0.2) is 0 Å². The van der Waals surface area contributed by atoms with Crippen LogP contribution in [0.3, 0.4) is 0 Å². The van der Waals surface area contributed by atoms with Crippen LogP contribution < -0.4 is 4.74 Å². The standard InChI is InChI=1S/C15H23NO2/c1-6-7-8-16(4)15(17)13-9-12(3)14(18-5)10-11(13)2/h9-10H,6-8H2,1-5H3. The van der Waals surface area contributed by atoms with Crippen molar-refractivity contribution in [1.29, 1.82) is 0 Å². The third-order valence-corrected chi connectivity index (χ3v) is 3.17. The fourth-order valence-corrected chi connectivity index (χ4v) is 1.94. The molecule has 0 heterocycles. The molecule has 0 radical (unpaired) electrons. The zero-order valence-corrected chi connectivity index (χ0v) is 12.0. The van der Waals surface area contributed by atoms with E-state index in [4.69, 9.17) is 4.74 Å². The van der Waals surface area contributed by atoms with E-state index in [0.717, 1.165) is 41.8 Å². The second kappa shape index (κ2) is 6.43. The van der Waals surface area contributed by atoms with E-state index in [9.17, 15) is 4.79 Å². The van der Waals surface area contributed by atoms with Crippen LogP contribution in [0.4, 0.5) is 0 Å². The number of carbonyl (C=O) groups is 1. The molecule has 0 fully saturated rings. The van der Waals surface area contributed by atoms with Crippen LogP contribution in [0.1, 0.15) is 41.3 Å². The van der Waals surface area contributed by atoms with Gasteiger partial charge in [0.1, 0.15) is 5.75 Å². The van der Waals surface area contributed by atoms with E-state index >= 15 is 0 Å². The summed E-state index contributed by atoms with van der Waals surface area (Å²) in [6.45, 7) is 6.84. The molecule has 3 heteroatoms. The van der Waals surface area contributed by atoms with Gasteiger partial charge in [-0.1, -0.05) is 13.3 Å². The molecule has 0 saturated carbocycles. The highest BCUT2D eigenvalue weighted by molar-refractivity contribution is 5.96. The van der Waals surface area contributed by atoms with Crippen LogP contribution in [-0.2, 0) is 0 Å². The van der Waals surface area contributed by atoms with Gasteiger partial charge in [0.2, 0.25) is 0 Å². The van der Waals surface area contributed by atoms with Crippen LogP contribution in [0.15, 0.2) is 12.1 Å². The molecule has 1 rings (SSSR count). The molecule has 0 aliphatic rings. The maximum absolute atomic E-state index is 12.3. The summed E-state index contributed by atoms with van der Waals surface area (Å²) in [5.74, 6) is 0.923. The third-order valence-electron chi connectivity index (χ3n) is 3.17. The quantitative estimate of drug-likeness (QED) is 0.802. The van der Waals surface area contributed by atoms with Gasteiger partial charge in [0.25, 0.3) is 5.91 Å². The molecule has 0 saturated heterocycles. The van der Waals surface area contributed by atoms with E-state index in [0.29, 0.717) is 0 Å². The molecule has 3 nitrogen and oxygen atoms in total. The number of benzene rings is 1. The van der Waals surface area contributed by atoms with Gasteiger partial charge in [-0.25, -0.2) is 0 Å². The minimum absolute atomic E-state index is 0.0895. The van der Waals surface area contributed by atoms with Crippen LogP contribution in [0, 0.1) is 13.8 Å². The summed E-state index contributed by atoms with van der Waals surface area (Å²) in [4.78, 5) is 14.1. The lowest BCUT2D eigenvalue weighted by atomic mass is 10.0. The van der Waals surface area contributed by atoms with Crippen LogP contribution in [0.5, 0.6) is 5.75 Å². The molecule has 0 atom stereocenters. The molecule has 0 aliphatic carbocycles. The SMILES string of the molecule is CCCCN(C)C(=O)c1cc(C)c(OC)cc1C. The van der Waals surface area contributed by atoms with E-state index < -0.39 is 0 Å². The molecule has 0 aliphatic heterocycles. The number of hydrogen-bond acceptors (Lipinski definition) is 2. The second-order valence-electron chi connectivity index (χ2n) is 4.72. The molecule has 0 N–H and O–H groups in total. The molecule has 0 aromatic heterocycles. The zero-order chi connectivity index (χ0) is 13.7. The highest BCUT2D eigenvalue weighted by atomic mass is 16.5. The normalized spacial score (nSPS) is 10.3. The van der Waals surface area contributed by atoms with Crippen molar-refractivity contribution in [3.63, 3.8) is 0 Å². The first-order chi connectivity index (χ1) is 8.51. The molecule has 100 valence electrons. The van der Waals surface area contributed by atoms with Crippen molar-refractivity contribution in [2.24, 2.45) is 0 Å². The van der Waals surface area contributed by atoms with E-state index in [1.807, 2.05) is 33.0 Å². The number of nitrogens with zero attached hydrogens (tertiary/aromatic N) is 1. The second-order valence-corrected chi connectivity index (χ2v) is 4.72. The molecule has 18 heavy (non-hydrogen) atoms. The number of unbranched alkanes of at least 4 members (excludes halogenated alkanes) is 1. The van der Waals surface area contributed by atoms with Crippen molar-refractivity contribution in [2.75, 3.05) is 20.7 Å². The number of hydrogen-bond donors (Lipinski definition) is 0. The number of amides is 1. The van der Waals surface area contributed by atoms with E-state index in [-0.39, 0.29) is 5.91 Å². The fourth-order valence-electron chi connectivity index (χ4n) is 1.94. The van der Waals surface area contributed by atoms with E-state index in [2.05, 4.69) is 6.92 Å². The van der Waals surface area contributed by atoms with Gasteiger partial charge in [-0.2, -0.15) is 0 Å². The Morgan fingerprint density at radius 3 is 2.50 bits per heavy atom. The lowest BCUT2D eigenvalue weighted by Gasteiger charge is -2.19. The van der Waals surface area contributed by atoms with Crippen molar-refractivity contribution in [3.05, 3.63) is 28.8 Å². The Morgan fingerprint density at radius 2 is 1.94 bits per heavy atom. The van der Waals surface area contributed by atoms with Gasteiger partial charge in [-0.05, 0) is 43.5 Å². The van der Waals surface area contributed by atoms with Gasteiger partial charge in [0.05, 0.1) is 7.11 Å². The van der Waals surface area contributed by atoms with E-state index in [1.165, 1.54) is 0 Å². The minimum atomic E-state index is 0.0895. The van der Waals surface area contributed by atoms with Gasteiger partial charge in [-0.3, -0.25) is 4.79 Å². The van der Waals surface area contributed by atoms with Crippen LogP contribution in [-0.4, -0.2) is 31.5 Å². The molecule has 1 aromatic rings. The molecule has 0 spiro atoms. The van der Waals surface area contributed by atoms with Crippen molar-refractivity contribution >= 4 is 5.91 Å². The first kappa shape index (κ1) is 14.6. The summed E-state index contributed by atoms with van der Waals surface area (Å²) in [5.41, 5.74) is 2.73. The highest BCUT2D eigenvalue weighted by Gasteiger charge is 2.15. The first-order valence-electron chi connectivity index (χ1n) is 6.42. The number of ether oxygens (including phenoxy) is 1. The van der Waals surface area contributed by atoms with Crippen LogP contribution in [0.2, 0.25) is 0 Å². The van der Waals surface area contributed by atoms with Crippen LogP contribution in [0.25, 0.3) is 0 Å². The maximum atomic E-state index is 12.3. The molecular weight excluding hydrogens is 226 g/mol. The fraction of sp³-hybridized carbons (Fsp3) is 0.533. The highest BCUT2D eigenvalue weighted by Crippen LogP contribution is 2.23. The summed E-state index contributed by atoms with van der Waals surface area (Å²) in [7, 11) is 3.51. The van der Waals surface area contributed by atoms with Crippen molar-refractivity contribution in [2.45, 2.75) is 33.6 Å². The van der Waals surface area contributed by atoms with Crippen molar-refractivity contribution in [1.82, 2.24) is 4.90 Å². The maximum Gasteiger partial charge on any atom is 0.253 e. The Kier molecular flexibility index (Phi) is 5.20. The van der Waals surface area contributed by atoms with Crippen LogP contribution >= 0.6 is 0 Å². The number of aryl methyl sites for hydroxylation is 2. The van der Waals surface area contributed by atoms with Gasteiger partial charge in [-0.15, -0.1) is 0 Å².